The van der Waals surface area contributed by atoms with E-state index in [0.717, 1.165) is 23.1 Å². The molecule has 4 aromatic rings. The number of ether oxygens (including phenoxy) is 2. The Balaban J connectivity index is 1.68. The van der Waals surface area contributed by atoms with Gasteiger partial charge < -0.3 is 14.5 Å². The number of hydrogen-bond donors (Lipinski definition) is 1. The molecular weight excluding hydrogens is 472 g/mol. The van der Waals surface area contributed by atoms with Crippen LogP contribution < -0.4 is 10.3 Å². The fourth-order valence-electron chi connectivity index (χ4n) is 4.45. The van der Waals surface area contributed by atoms with Gasteiger partial charge in [-0.05, 0) is 60.0 Å². The highest BCUT2D eigenvalue weighted by atomic mass is 16.5. The fraction of sp³-hybridized carbons (Fsp3) is 0.370. The highest BCUT2D eigenvalue weighted by Crippen LogP contribution is 2.25. The van der Waals surface area contributed by atoms with Crippen molar-refractivity contribution in [3.8, 4) is 5.75 Å². The van der Waals surface area contributed by atoms with E-state index in [1.165, 1.54) is 10.2 Å². The number of aromatic amines is 1. The van der Waals surface area contributed by atoms with Gasteiger partial charge in [0.15, 0.2) is 5.82 Å². The van der Waals surface area contributed by atoms with E-state index in [2.05, 4.69) is 37.5 Å². The monoisotopic (exact) mass is 504 g/mol. The molecule has 4 rings (SSSR count). The van der Waals surface area contributed by atoms with E-state index in [4.69, 9.17) is 9.47 Å². The number of benzene rings is 2. The molecule has 0 radical (unpaired) electrons. The minimum absolute atomic E-state index is 0.0739. The normalized spacial score (nSPS) is 12.1. The van der Waals surface area contributed by atoms with Gasteiger partial charge in [-0.3, -0.25) is 14.5 Å². The maximum absolute atomic E-state index is 13.1. The maximum Gasteiger partial charge on any atom is 0.327 e. The number of nitrogens with zero attached hydrogens (tertiary/aromatic N) is 5. The van der Waals surface area contributed by atoms with Gasteiger partial charge in [-0.25, -0.2) is 4.68 Å². The molecule has 2 aromatic heterocycles. The lowest BCUT2D eigenvalue weighted by atomic mass is 10.1. The lowest BCUT2D eigenvalue weighted by Crippen LogP contribution is -2.34. The van der Waals surface area contributed by atoms with Gasteiger partial charge in [0, 0.05) is 29.6 Å². The summed E-state index contributed by atoms with van der Waals surface area (Å²) in [6.45, 7) is 5.04. The molecule has 2 heterocycles. The van der Waals surface area contributed by atoms with Crippen molar-refractivity contribution in [3.63, 3.8) is 0 Å². The number of carbonyl (C=O) groups excluding carboxylic acids is 1. The number of H-pyrrole nitrogens is 1. The highest BCUT2D eigenvalue weighted by molar-refractivity contribution is 5.80. The molecule has 194 valence electrons. The lowest BCUT2D eigenvalue weighted by molar-refractivity contribution is -0.144. The van der Waals surface area contributed by atoms with Crippen molar-refractivity contribution >= 4 is 16.9 Å². The molecule has 1 N–H and O–H groups in total. The molecule has 0 fully saturated rings. The number of rotatable bonds is 12. The molecule has 1 atom stereocenters. The van der Waals surface area contributed by atoms with Gasteiger partial charge in [0.25, 0.3) is 5.56 Å². The van der Waals surface area contributed by atoms with Gasteiger partial charge >= 0.3 is 5.97 Å². The van der Waals surface area contributed by atoms with Crippen LogP contribution in [0, 0.1) is 0 Å². The number of esters is 1. The van der Waals surface area contributed by atoms with Crippen molar-refractivity contribution in [2.75, 3.05) is 20.3 Å². The largest absolute Gasteiger partial charge is 0.497 e. The Hall–Kier alpha value is -4.05. The molecule has 0 saturated carbocycles. The fourth-order valence-corrected chi connectivity index (χ4v) is 4.45. The van der Waals surface area contributed by atoms with Crippen molar-refractivity contribution in [3.05, 3.63) is 81.9 Å². The SMILES string of the molecule is CCOC(=O)Cn1nnnc1[C@H](CC)N(CCc1ccccc1)Cc1cc2cc(OC)ccc2[nH]c1=O. The van der Waals surface area contributed by atoms with E-state index >= 15 is 0 Å². The number of tetrazole rings is 1. The van der Waals surface area contributed by atoms with Crippen molar-refractivity contribution in [1.29, 1.82) is 0 Å². The molecule has 0 aliphatic carbocycles. The minimum atomic E-state index is -0.401. The van der Waals surface area contributed by atoms with Crippen LogP contribution in [0.4, 0.5) is 0 Å². The zero-order chi connectivity index (χ0) is 26.2. The molecule has 10 heteroatoms. The molecule has 37 heavy (non-hydrogen) atoms. The standard InChI is InChI=1S/C27H32N6O4/c1-4-24(26-29-30-31-33(26)18-25(34)37-5-2)32(14-13-19-9-7-6-8-10-19)17-21-15-20-16-22(36-3)11-12-23(20)28-27(21)35/h6-12,15-16,24H,4-5,13-14,17-18H2,1-3H3,(H,28,35)/t24-/m0/s1. The summed E-state index contributed by atoms with van der Waals surface area (Å²) in [6, 6.07) is 17.4. The van der Waals surface area contributed by atoms with E-state index in [1.54, 1.807) is 14.0 Å². The first-order valence-corrected chi connectivity index (χ1v) is 12.4. The lowest BCUT2D eigenvalue weighted by Gasteiger charge is -2.30. The third-order valence-electron chi connectivity index (χ3n) is 6.30. The number of pyridine rings is 1. The predicted octanol–water partition coefficient (Wildman–Crippen LogP) is 3.28. The Morgan fingerprint density at radius 3 is 2.68 bits per heavy atom. The van der Waals surface area contributed by atoms with Gasteiger partial charge in [0.2, 0.25) is 0 Å². The molecule has 0 spiro atoms. The third-order valence-corrected chi connectivity index (χ3v) is 6.30. The van der Waals surface area contributed by atoms with Gasteiger partial charge in [-0.15, -0.1) is 5.10 Å². The maximum atomic E-state index is 13.1. The number of aromatic nitrogens is 5. The van der Waals surface area contributed by atoms with Crippen molar-refractivity contribution in [1.82, 2.24) is 30.1 Å². The molecule has 0 saturated heterocycles. The van der Waals surface area contributed by atoms with Crippen molar-refractivity contribution < 1.29 is 14.3 Å². The first-order chi connectivity index (χ1) is 18.0. The molecule has 0 unspecified atom stereocenters. The van der Waals surface area contributed by atoms with Crippen molar-refractivity contribution in [2.24, 2.45) is 0 Å². The van der Waals surface area contributed by atoms with E-state index in [0.29, 0.717) is 30.9 Å². The molecular formula is C27H32N6O4. The average molecular weight is 505 g/mol. The number of fused-ring (bicyclic) bond motifs is 1. The Kier molecular flexibility index (Phi) is 8.63. The summed E-state index contributed by atoms with van der Waals surface area (Å²) < 4.78 is 11.9. The second-order valence-electron chi connectivity index (χ2n) is 8.71. The topological polar surface area (TPSA) is 115 Å². The van der Waals surface area contributed by atoms with Crippen LogP contribution >= 0.6 is 0 Å². The van der Waals surface area contributed by atoms with Crippen LogP contribution in [-0.4, -0.2) is 56.3 Å². The van der Waals surface area contributed by atoms with Gasteiger partial charge in [-0.1, -0.05) is 37.3 Å². The second-order valence-corrected chi connectivity index (χ2v) is 8.71. The molecule has 0 amide bonds. The smallest absolute Gasteiger partial charge is 0.327 e. The quantitative estimate of drug-likeness (QED) is 0.292. The van der Waals surface area contributed by atoms with Gasteiger partial charge in [0.05, 0.1) is 19.8 Å². The van der Waals surface area contributed by atoms with E-state index in [9.17, 15) is 9.59 Å². The predicted molar refractivity (Wildman–Crippen MR) is 139 cm³/mol. The third kappa shape index (κ3) is 6.39. The number of hydrogen-bond acceptors (Lipinski definition) is 8. The van der Waals surface area contributed by atoms with Crippen LogP contribution in [0.15, 0.2) is 59.4 Å². The Labute approximate surface area is 215 Å². The van der Waals surface area contributed by atoms with E-state index in [1.807, 2.05) is 49.4 Å². The summed E-state index contributed by atoms with van der Waals surface area (Å²) in [5.41, 5.74) is 2.40. The number of carbonyl (C=O) groups is 1. The number of methoxy groups -OCH3 is 1. The summed E-state index contributed by atoms with van der Waals surface area (Å²) in [7, 11) is 1.62. The van der Waals surface area contributed by atoms with Crippen LogP contribution in [0.25, 0.3) is 10.9 Å². The molecule has 10 nitrogen and oxygen atoms in total. The van der Waals surface area contributed by atoms with Crippen LogP contribution in [0.5, 0.6) is 5.75 Å². The highest BCUT2D eigenvalue weighted by Gasteiger charge is 2.26. The van der Waals surface area contributed by atoms with Crippen LogP contribution in [0.1, 0.15) is 43.3 Å². The van der Waals surface area contributed by atoms with Crippen LogP contribution in [0.3, 0.4) is 0 Å². The van der Waals surface area contributed by atoms with Gasteiger partial charge in [-0.2, -0.15) is 0 Å². The Morgan fingerprint density at radius 1 is 1.14 bits per heavy atom. The summed E-state index contributed by atoms with van der Waals surface area (Å²) in [5.74, 6) is 0.875. The molecule has 0 aliphatic heterocycles. The second kappa shape index (κ2) is 12.3. The summed E-state index contributed by atoms with van der Waals surface area (Å²) in [5, 5.41) is 13.0. The average Bonchev–Trinajstić information content (AvgIpc) is 3.35. The molecule has 0 aliphatic rings. The zero-order valence-electron chi connectivity index (χ0n) is 21.4. The Morgan fingerprint density at radius 2 is 1.95 bits per heavy atom. The molecule has 0 bridgehead atoms. The zero-order valence-corrected chi connectivity index (χ0v) is 21.4. The van der Waals surface area contributed by atoms with Crippen molar-refractivity contribution in [2.45, 2.75) is 45.8 Å². The van der Waals surface area contributed by atoms with Crippen LogP contribution in [-0.2, 0) is 29.0 Å². The first kappa shape index (κ1) is 26.0. The van der Waals surface area contributed by atoms with Gasteiger partial charge in [0.1, 0.15) is 12.3 Å². The number of nitrogens with one attached hydrogen (secondary N) is 1. The Bertz CT molecular complexity index is 1380. The van der Waals surface area contributed by atoms with E-state index < -0.39 is 5.97 Å². The summed E-state index contributed by atoms with van der Waals surface area (Å²) >= 11 is 0. The first-order valence-electron chi connectivity index (χ1n) is 12.4. The minimum Gasteiger partial charge on any atom is -0.497 e. The van der Waals surface area contributed by atoms with Crippen LogP contribution in [0.2, 0.25) is 0 Å². The molecule has 2 aromatic carbocycles. The van der Waals surface area contributed by atoms with E-state index in [-0.39, 0.29) is 24.8 Å². The summed E-state index contributed by atoms with van der Waals surface area (Å²) in [4.78, 5) is 30.4. The summed E-state index contributed by atoms with van der Waals surface area (Å²) in [6.07, 6.45) is 1.45.